The highest BCUT2D eigenvalue weighted by Crippen LogP contribution is 2.50. The molecule has 0 spiro atoms. The minimum atomic E-state index is -3.77. The van der Waals surface area contributed by atoms with Crippen molar-refractivity contribution >= 4 is 59.7 Å². The number of carbonyl (C=O) groups is 3. The van der Waals surface area contributed by atoms with E-state index in [1.807, 2.05) is 0 Å². The van der Waals surface area contributed by atoms with E-state index in [0.29, 0.717) is 6.42 Å². The van der Waals surface area contributed by atoms with E-state index >= 15 is 0 Å². The van der Waals surface area contributed by atoms with Crippen molar-refractivity contribution in [3.63, 3.8) is 0 Å². The minimum absolute atomic E-state index is 0.0740. The summed E-state index contributed by atoms with van der Waals surface area (Å²) in [5.74, 6) is -5.26. The van der Waals surface area contributed by atoms with Gasteiger partial charge in [0.05, 0.1) is 39.7 Å². The number of fused-ring (bicyclic) bond motifs is 1. The summed E-state index contributed by atoms with van der Waals surface area (Å²) in [6.45, 7) is 4.49. The van der Waals surface area contributed by atoms with Gasteiger partial charge in [-0.15, -0.1) is 0 Å². The van der Waals surface area contributed by atoms with Gasteiger partial charge in [0.1, 0.15) is 11.0 Å². The number of esters is 1. The van der Waals surface area contributed by atoms with Crippen LogP contribution in [0.2, 0.25) is 10.0 Å². The van der Waals surface area contributed by atoms with Crippen molar-refractivity contribution in [2.75, 3.05) is 14.2 Å². The molecule has 0 aliphatic heterocycles. The maximum absolute atomic E-state index is 13.0. The number of benzene rings is 1. The molecule has 3 atom stereocenters. The van der Waals surface area contributed by atoms with E-state index in [1.54, 1.807) is 13.8 Å². The smallest absolute Gasteiger partial charge is 0.336 e. The SMILES string of the molecule is CCC(C)OC(=O)C(C(=O)O)C(NC(C)=O)c1nc2c(Cl)ccc(Cl)c2nc1CP(=O)(OC)OC. The summed E-state index contributed by atoms with van der Waals surface area (Å²) in [6, 6.07) is 1.37. The first kappa shape index (κ1) is 28.9. The number of amides is 1. The van der Waals surface area contributed by atoms with E-state index in [0.717, 1.165) is 21.1 Å². The van der Waals surface area contributed by atoms with Gasteiger partial charge in [-0.2, -0.15) is 0 Å². The number of hydrogen-bond acceptors (Lipinski definition) is 9. The van der Waals surface area contributed by atoms with Gasteiger partial charge in [-0.05, 0) is 25.5 Å². The maximum Gasteiger partial charge on any atom is 0.336 e. The fourth-order valence-electron chi connectivity index (χ4n) is 3.14. The molecule has 2 aromatic rings. The minimum Gasteiger partial charge on any atom is -0.481 e. The first-order valence-electron chi connectivity index (χ1n) is 10.4. The quantitative estimate of drug-likeness (QED) is 0.237. The molecule has 1 amide bonds. The highest BCUT2D eigenvalue weighted by molar-refractivity contribution is 7.52. The summed E-state index contributed by atoms with van der Waals surface area (Å²) < 4.78 is 28.2. The van der Waals surface area contributed by atoms with E-state index in [-0.39, 0.29) is 32.5 Å². The number of carbonyl (C=O) groups excluding carboxylic acids is 2. The molecule has 0 bridgehead atoms. The average molecular weight is 550 g/mol. The molecule has 0 radical (unpaired) electrons. The Morgan fingerprint density at radius 3 is 2.11 bits per heavy atom. The summed E-state index contributed by atoms with van der Waals surface area (Å²) in [6.07, 6.45) is -0.618. The number of carboxylic acid groups (broad SMARTS) is 1. The highest BCUT2D eigenvalue weighted by Gasteiger charge is 2.42. The lowest BCUT2D eigenvalue weighted by molar-refractivity contribution is -0.163. The van der Waals surface area contributed by atoms with Crippen LogP contribution in [0.5, 0.6) is 0 Å². The zero-order valence-electron chi connectivity index (χ0n) is 19.7. The largest absolute Gasteiger partial charge is 0.481 e. The Morgan fingerprint density at radius 2 is 1.66 bits per heavy atom. The number of aromatic nitrogens is 2. The lowest BCUT2D eigenvalue weighted by Crippen LogP contribution is -2.42. The molecule has 192 valence electrons. The second-order valence-electron chi connectivity index (χ2n) is 7.57. The molecular weight excluding hydrogens is 524 g/mol. The molecule has 2 N–H and O–H groups in total. The van der Waals surface area contributed by atoms with Gasteiger partial charge >= 0.3 is 19.5 Å². The monoisotopic (exact) mass is 549 g/mol. The second kappa shape index (κ2) is 12.1. The molecule has 1 heterocycles. The Kier molecular flexibility index (Phi) is 10.00. The van der Waals surface area contributed by atoms with Crippen molar-refractivity contribution in [2.24, 2.45) is 5.92 Å². The summed E-state index contributed by atoms with van der Waals surface area (Å²) in [7, 11) is -1.44. The zero-order valence-corrected chi connectivity index (χ0v) is 22.1. The van der Waals surface area contributed by atoms with Crippen molar-refractivity contribution in [1.82, 2.24) is 15.3 Å². The first-order chi connectivity index (χ1) is 16.4. The predicted molar refractivity (Wildman–Crippen MR) is 128 cm³/mol. The third kappa shape index (κ3) is 6.89. The summed E-state index contributed by atoms with van der Waals surface area (Å²) in [4.78, 5) is 46.1. The third-order valence-electron chi connectivity index (χ3n) is 5.13. The molecule has 0 aliphatic rings. The van der Waals surface area contributed by atoms with Gasteiger partial charge in [0, 0.05) is 21.1 Å². The van der Waals surface area contributed by atoms with Gasteiger partial charge < -0.3 is 24.2 Å². The van der Waals surface area contributed by atoms with Crippen LogP contribution < -0.4 is 5.32 Å². The number of aliphatic carboxylic acids is 1. The van der Waals surface area contributed by atoms with Crippen molar-refractivity contribution in [3.05, 3.63) is 33.6 Å². The molecule has 0 saturated carbocycles. The molecule has 0 aliphatic carbocycles. The first-order valence-corrected chi connectivity index (χ1v) is 12.9. The van der Waals surface area contributed by atoms with E-state index < -0.39 is 49.7 Å². The summed E-state index contributed by atoms with van der Waals surface area (Å²) in [5, 5.41) is 12.7. The van der Waals surface area contributed by atoms with Crippen molar-refractivity contribution < 1.29 is 37.8 Å². The highest BCUT2D eigenvalue weighted by atomic mass is 35.5. The van der Waals surface area contributed by atoms with Gasteiger partial charge in [-0.1, -0.05) is 30.1 Å². The van der Waals surface area contributed by atoms with Crippen LogP contribution in [0.25, 0.3) is 11.0 Å². The Hall–Kier alpha value is -2.30. The van der Waals surface area contributed by atoms with Crippen LogP contribution in [0, 0.1) is 5.92 Å². The number of ether oxygens (including phenoxy) is 1. The molecule has 1 aromatic heterocycles. The lowest BCUT2D eigenvalue weighted by atomic mass is 9.95. The molecule has 11 nitrogen and oxygen atoms in total. The van der Waals surface area contributed by atoms with E-state index in [9.17, 15) is 24.1 Å². The van der Waals surface area contributed by atoms with Crippen LogP contribution in [0.1, 0.15) is 44.6 Å². The Morgan fingerprint density at radius 1 is 1.11 bits per heavy atom. The maximum atomic E-state index is 13.0. The van der Waals surface area contributed by atoms with Gasteiger partial charge in [0.25, 0.3) is 0 Å². The number of carboxylic acids is 1. The average Bonchev–Trinajstić information content (AvgIpc) is 2.80. The molecule has 0 fully saturated rings. The molecule has 14 heteroatoms. The second-order valence-corrected chi connectivity index (χ2v) is 10.6. The van der Waals surface area contributed by atoms with Crippen LogP contribution in [0.15, 0.2) is 12.1 Å². The van der Waals surface area contributed by atoms with E-state index in [1.165, 1.54) is 12.1 Å². The van der Waals surface area contributed by atoms with Crippen LogP contribution in [-0.4, -0.2) is 53.2 Å². The Balaban J connectivity index is 2.86. The summed E-state index contributed by atoms with van der Waals surface area (Å²) >= 11 is 12.5. The summed E-state index contributed by atoms with van der Waals surface area (Å²) in [5.41, 5.74) is -0.0422. The van der Waals surface area contributed by atoms with Crippen LogP contribution >= 0.6 is 30.8 Å². The third-order valence-corrected chi connectivity index (χ3v) is 7.54. The molecule has 1 aromatic carbocycles. The van der Waals surface area contributed by atoms with Gasteiger partial charge in [-0.3, -0.25) is 18.9 Å². The molecular formula is C21H26Cl2N3O8P. The molecule has 0 saturated heterocycles. The molecule has 2 rings (SSSR count). The number of rotatable bonds is 11. The standard InChI is InChI=1S/C21H26Cl2N3O8P/c1-6-10(2)34-21(30)15(20(28)29)19(24-11(3)27)18-14(9-35(31,32-4)33-5)25-16-12(22)7-8-13(23)17(16)26-18/h7-8,10,15,19H,6,9H2,1-5H3,(H,24,27)(H,28,29). The fourth-order valence-corrected chi connectivity index (χ4v) is 4.53. The van der Waals surface area contributed by atoms with E-state index in [4.69, 9.17) is 37.0 Å². The van der Waals surface area contributed by atoms with E-state index in [2.05, 4.69) is 15.3 Å². The lowest BCUT2D eigenvalue weighted by Gasteiger charge is -2.26. The predicted octanol–water partition coefficient (Wildman–Crippen LogP) is 4.14. The number of nitrogens with zero attached hydrogens (tertiary/aromatic N) is 2. The molecule has 3 unspecified atom stereocenters. The number of halogens is 2. The normalized spacial score (nSPS) is 14.3. The van der Waals surface area contributed by atoms with Gasteiger partial charge in [0.15, 0.2) is 5.92 Å². The van der Waals surface area contributed by atoms with Crippen LogP contribution in [0.3, 0.4) is 0 Å². The van der Waals surface area contributed by atoms with Gasteiger partial charge in [0.2, 0.25) is 5.91 Å². The zero-order chi connectivity index (χ0) is 26.5. The molecule has 35 heavy (non-hydrogen) atoms. The Bertz CT molecular complexity index is 1170. The topological polar surface area (TPSA) is 154 Å². The van der Waals surface area contributed by atoms with Crippen LogP contribution in [0.4, 0.5) is 0 Å². The van der Waals surface area contributed by atoms with Crippen LogP contribution in [-0.2, 0) is 38.9 Å². The van der Waals surface area contributed by atoms with Crippen molar-refractivity contribution in [1.29, 1.82) is 0 Å². The van der Waals surface area contributed by atoms with Gasteiger partial charge in [-0.25, -0.2) is 9.97 Å². The van der Waals surface area contributed by atoms with Crippen molar-refractivity contribution in [2.45, 2.75) is 45.5 Å². The number of hydrogen-bond donors (Lipinski definition) is 2. The number of nitrogens with one attached hydrogen (secondary N) is 1. The van der Waals surface area contributed by atoms with Crippen molar-refractivity contribution in [3.8, 4) is 0 Å². The Labute approximate surface area is 212 Å². The fraction of sp³-hybridized carbons (Fsp3) is 0.476.